The van der Waals surface area contributed by atoms with Gasteiger partial charge < -0.3 is 0 Å². The van der Waals surface area contributed by atoms with Crippen molar-refractivity contribution >= 4 is 104 Å². The first kappa shape index (κ1) is 30.5. The van der Waals surface area contributed by atoms with Crippen molar-refractivity contribution in [1.82, 2.24) is 9.38 Å². The van der Waals surface area contributed by atoms with E-state index in [2.05, 4.69) is 192 Å². The third-order valence-corrected chi connectivity index (χ3v) is 15.9. The predicted molar refractivity (Wildman–Crippen MR) is 232 cm³/mol. The molecular weight excluding hydrogens is 680 g/mol. The summed E-state index contributed by atoms with van der Waals surface area (Å²) in [7, 11) is 0. The molecule has 9 aromatic carbocycles. The highest BCUT2D eigenvalue weighted by molar-refractivity contribution is 8.25. The Morgan fingerprint density at radius 3 is 1.58 bits per heavy atom. The van der Waals surface area contributed by atoms with E-state index in [9.17, 15) is 0 Å². The summed E-state index contributed by atoms with van der Waals surface area (Å²) in [6.45, 7) is 0. The first-order chi connectivity index (χ1) is 26.1. The van der Waals surface area contributed by atoms with Crippen molar-refractivity contribution in [2.24, 2.45) is 0 Å². The second-order valence-electron chi connectivity index (χ2n) is 14.0. The summed E-state index contributed by atoms with van der Waals surface area (Å²) in [6.07, 6.45) is 0. The van der Waals surface area contributed by atoms with Gasteiger partial charge in [-0.2, -0.15) is 0 Å². The molecule has 248 valence electrons. The SMILES string of the molecule is S=P(c1ccc2ccccc2c1)(c1ccc2ccccc2c1)c1ccc2ccc(-c3ccc4c5ccccc5n5c6ccccc6nc5c4c3)cc2c1. The van der Waals surface area contributed by atoms with Crippen LogP contribution in [-0.4, -0.2) is 9.38 Å². The van der Waals surface area contributed by atoms with E-state index in [0.29, 0.717) is 0 Å². The lowest BCUT2D eigenvalue weighted by atomic mass is 9.97. The third-order valence-electron chi connectivity index (χ3n) is 11.0. The maximum Gasteiger partial charge on any atom is 0.146 e. The third kappa shape index (κ3) is 4.71. The fourth-order valence-electron chi connectivity index (χ4n) is 8.29. The van der Waals surface area contributed by atoms with E-state index in [4.69, 9.17) is 16.8 Å². The van der Waals surface area contributed by atoms with Crippen LogP contribution in [0.4, 0.5) is 0 Å². The Bertz CT molecular complexity index is 3260. The van der Waals surface area contributed by atoms with Gasteiger partial charge in [-0.25, -0.2) is 4.98 Å². The van der Waals surface area contributed by atoms with Crippen LogP contribution in [-0.2, 0) is 11.8 Å². The molecule has 0 saturated heterocycles. The predicted octanol–water partition coefficient (Wildman–Crippen LogP) is 11.7. The summed E-state index contributed by atoms with van der Waals surface area (Å²) in [4.78, 5) is 5.17. The summed E-state index contributed by atoms with van der Waals surface area (Å²) in [5, 5.41) is 14.4. The molecule has 0 amide bonds. The van der Waals surface area contributed by atoms with Crippen molar-refractivity contribution in [2.45, 2.75) is 0 Å². The van der Waals surface area contributed by atoms with Gasteiger partial charge in [0.1, 0.15) is 5.65 Å². The van der Waals surface area contributed by atoms with Gasteiger partial charge in [0.15, 0.2) is 0 Å². The van der Waals surface area contributed by atoms with Crippen LogP contribution in [0.15, 0.2) is 188 Å². The molecule has 0 bridgehead atoms. The summed E-state index contributed by atoms with van der Waals surface area (Å²) in [5.41, 5.74) is 6.61. The molecule has 0 N–H and O–H groups in total. The molecular formula is C49H31N2PS. The van der Waals surface area contributed by atoms with E-state index in [1.807, 2.05) is 0 Å². The maximum atomic E-state index is 6.98. The van der Waals surface area contributed by atoms with Gasteiger partial charge in [-0.05, 0) is 113 Å². The molecule has 4 heteroatoms. The zero-order valence-electron chi connectivity index (χ0n) is 28.6. The molecule has 0 radical (unpaired) electrons. The fourth-order valence-corrected chi connectivity index (χ4v) is 12.0. The Morgan fingerprint density at radius 1 is 0.377 bits per heavy atom. The Labute approximate surface area is 311 Å². The molecule has 2 nitrogen and oxygen atoms in total. The molecule has 11 rings (SSSR count). The van der Waals surface area contributed by atoms with Crippen molar-refractivity contribution in [1.29, 1.82) is 0 Å². The minimum absolute atomic E-state index is 0.983. The zero-order valence-corrected chi connectivity index (χ0v) is 30.4. The molecule has 2 aromatic heterocycles. The summed E-state index contributed by atoms with van der Waals surface area (Å²) < 4.78 is 2.32. The molecule has 0 aliphatic heterocycles. The number of aromatic nitrogens is 2. The first-order valence-corrected chi connectivity index (χ1v) is 20.8. The summed E-state index contributed by atoms with van der Waals surface area (Å²) in [6, 6.07) is 65.9. The van der Waals surface area contributed by atoms with E-state index in [-0.39, 0.29) is 0 Å². The summed E-state index contributed by atoms with van der Waals surface area (Å²) >= 11 is 6.98. The molecule has 11 aromatic rings. The monoisotopic (exact) mass is 710 g/mol. The van der Waals surface area contributed by atoms with Gasteiger partial charge >= 0.3 is 0 Å². The minimum Gasteiger partial charge on any atom is -0.292 e. The largest absolute Gasteiger partial charge is 0.292 e. The molecule has 0 fully saturated rings. The Morgan fingerprint density at radius 2 is 0.887 bits per heavy atom. The molecule has 53 heavy (non-hydrogen) atoms. The lowest BCUT2D eigenvalue weighted by molar-refractivity contribution is 1.31. The van der Waals surface area contributed by atoms with Gasteiger partial charge in [-0.3, -0.25) is 4.40 Å². The van der Waals surface area contributed by atoms with E-state index in [1.54, 1.807) is 0 Å². The van der Waals surface area contributed by atoms with Gasteiger partial charge in [0, 0.05) is 16.8 Å². The molecule has 0 spiro atoms. The number of hydrogen-bond acceptors (Lipinski definition) is 2. The number of rotatable bonds is 4. The van der Waals surface area contributed by atoms with Gasteiger partial charge in [-0.1, -0.05) is 151 Å². The van der Waals surface area contributed by atoms with Crippen molar-refractivity contribution in [3.05, 3.63) is 188 Å². The molecule has 0 aliphatic rings. The number of hydrogen-bond donors (Lipinski definition) is 0. The molecule has 0 aliphatic carbocycles. The van der Waals surface area contributed by atoms with Crippen LogP contribution in [0.25, 0.3) is 81.8 Å². The Balaban J connectivity index is 1.11. The van der Waals surface area contributed by atoms with Crippen LogP contribution < -0.4 is 15.9 Å². The zero-order chi connectivity index (χ0) is 35.1. The van der Waals surface area contributed by atoms with Gasteiger partial charge in [0.05, 0.1) is 16.6 Å². The quantitative estimate of drug-likeness (QED) is 0.134. The van der Waals surface area contributed by atoms with Crippen LogP contribution in [0, 0.1) is 0 Å². The van der Waals surface area contributed by atoms with Crippen LogP contribution >= 0.6 is 6.04 Å². The standard InChI is InChI=1S/C49H31N2PS/c53-52(40-23-19-32-9-1-3-11-35(32)28-40,41-24-20-33-10-2-4-12-36(33)29-41)42-25-21-34-17-18-37(27-39(34)30-42)38-22-26-43-44-13-5-7-15-47(44)51-48-16-8-6-14-46(48)50-49(51)45(43)31-38/h1-31H. The number of benzene rings is 9. The number of para-hydroxylation sites is 3. The molecule has 0 unspecified atom stereocenters. The number of pyridine rings is 1. The Kier molecular flexibility index (Phi) is 6.73. The molecule has 2 heterocycles. The normalized spacial score (nSPS) is 12.2. The lowest BCUT2D eigenvalue weighted by Crippen LogP contribution is -2.25. The van der Waals surface area contributed by atoms with Crippen LogP contribution in [0.2, 0.25) is 0 Å². The minimum atomic E-state index is -2.45. The summed E-state index contributed by atoms with van der Waals surface area (Å²) in [5.74, 6) is 0. The fraction of sp³-hybridized carbons (Fsp3) is 0. The molecule has 0 atom stereocenters. The number of fused-ring (bicyclic) bond motifs is 11. The van der Waals surface area contributed by atoms with Crippen LogP contribution in [0.3, 0.4) is 0 Å². The van der Waals surface area contributed by atoms with E-state index in [1.165, 1.54) is 70.1 Å². The smallest absolute Gasteiger partial charge is 0.146 e. The number of nitrogens with zero attached hydrogens (tertiary/aromatic N) is 2. The Hall–Kier alpha value is -6.12. The van der Waals surface area contributed by atoms with Crippen molar-refractivity contribution in [3.8, 4) is 11.1 Å². The first-order valence-electron chi connectivity index (χ1n) is 18.0. The van der Waals surface area contributed by atoms with Gasteiger partial charge in [0.25, 0.3) is 0 Å². The number of imidazole rings is 1. The van der Waals surface area contributed by atoms with Gasteiger partial charge in [0.2, 0.25) is 0 Å². The average molecular weight is 711 g/mol. The van der Waals surface area contributed by atoms with Gasteiger partial charge in [-0.15, -0.1) is 0 Å². The van der Waals surface area contributed by atoms with E-state index >= 15 is 0 Å². The highest BCUT2D eigenvalue weighted by Gasteiger charge is 2.26. The highest BCUT2D eigenvalue weighted by Crippen LogP contribution is 2.45. The second kappa shape index (κ2) is 11.7. The maximum absolute atomic E-state index is 6.98. The van der Waals surface area contributed by atoms with Crippen LogP contribution in [0.1, 0.15) is 0 Å². The second-order valence-corrected chi connectivity index (χ2v) is 18.4. The van der Waals surface area contributed by atoms with E-state index in [0.717, 1.165) is 27.6 Å². The van der Waals surface area contributed by atoms with Crippen molar-refractivity contribution in [2.75, 3.05) is 0 Å². The highest BCUT2D eigenvalue weighted by atomic mass is 32.4. The topological polar surface area (TPSA) is 17.3 Å². The molecule has 0 saturated carbocycles. The lowest BCUT2D eigenvalue weighted by Gasteiger charge is -2.25. The van der Waals surface area contributed by atoms with Crippen molar-refractivity contribution < 1.29 is 0 Å². The van der Waals surface area contributed by atoms with Crippen molar-refractivity contribution in [3.63, 3.8) is 0 Å². The average Bonchev–Trinajstić information content (AvgIpc) is 3.63. The van der Waals surface area contributed by atoms with Crippen LogP contribution in [0.5, 0.6) is 0 Å². The van der Waals surface area contributed by atoms with E-state index < -0.39 is 6.04 Å².